The molecule has 20 heavy (non-hydrogen) atoms. The summed E-state index contributed by atoms with van der Waals surface area (Å²) in [6, 6.07) is 3.85. The highest BCUT2D eigenvalue weighted by Gasteiger charge is 2.10. The molecule has 106 valence electrons. The van der Waals surface area contributed by atoms with Gasteiger partial charge in [-0.05, 0) is 6.07 Å². The fourth-order valence-corrected chi connectivity index (χ4v) is 2.06. The van der Waals surface area contributed by atoms with E-state index >= 15 is 0 Å². The molecule has 0 aliphatic carbocycles. The number of imidazole rings is 1. The Morgan fingerprint density at radius 2 is 1.90 bits per heavy atom. The van der Waals surface area contributed by atoms with E-state index in [9.17, 15) is 0 Å². The summed E-state index contributed by atoms with van der Waals surface area (Å²) in [4.78, 5) is 7.07. The Bertz CT molecular complexity index is 694. The van der Waals surface area contributed by atoms with Crippen LogP contribution in [0.25, 0.3) is 10.9 Å². The zero-order chi connectivity index (χ0) is 13.2. The maximum Gasteiger partial charge on any atom is 0.162 e. The fourth-order valence-electron chi connectivity index (χ4n) is 2.06. The van der Waals surface area contributed by atoms with Crippen LogP contribution in [0.1, 0.15) is 5.69 Å². The van der Waals surface area contributed by atoms with E-state index in [2.05, 4.69) is 15.1 Å². The number of hydrogen-bond donors (Lipinski definition) is 1. The van der Waals surface area contributed by atoms with E-state index in [0.717, 1.165) is 16.6 Å². The third-order valence-corrected chi connectivity index (χ3v) is 3.02. The van der Waals surface area contributed by atoms with Crippen LogP contribution >= 0.6 is 12.4 Å². The normalized spacial score (nSPS) is 10.3. The molecule has 0 saturated carbocycles. The van der Waals surface area contributed by atoms with Crippen LogP contribution in [0.4, 0.5) is 0 Å². The fraction of sp³-hybridized carbons (Fsp3) is 0.231. The van der Waals surface area contributed by atoms with Gasteiger partial charge in [0.2, 0.25) is 0 Å². The number of halogens is 1. The van der Waals surface area contributed by atoms with Crippen molar-refractivity contribution in [3.8, 4) is 11.5 Å². The average molecular weight is 295 g/mol. The third-order valence-electron chi connectivity index (χ3n) is 3.02. The van der Waals surface area contributed by atoms with Gasteiger partial charge in [-0.2, -0.15) is 5.10 Å². The van der Waals surface area contributed by atoms with Crippen molar-refractivity contribution in [3.05, 3.63) is 36.5 Å². The number of fused-ring (bicyclic) bond motifs is 1. The van der Waals surface area contributed by atoms with Crippen molar-refractivity contribution in [1.82, 2.24) is 19.7 Å². The Hall–Kier alpha value is -2.21. The topological polar surface area (TPSA) is 65.0 Å². The molecule has 0 amide bonds. The summed E-state index contributed by atoms with van der Waals surface area (Å²) in [6.45, 7) is 0.638. The predicted octanol–water partition coefficient (Wildman–Crippen LogP) is 2.25. The minimum absolute atomic E-state index is 0. The van der Waals surface area contributed by atoms with Gasteiger partial charge in [-0.15, -0.1) is 12.4 Å². The number of benzene rings is 1. The van der Waals surface area contributed by atoms with Gasteiger partial charge in [0.25, 0.3) is 0 Å². The minimum atomic E-state index is 0. The Balaban J connectivity index is 0.00000147. The van der Waals surface area contributed by atoms with Crippen LogP contribution in [-0.4, -0.2) is 34.0 Å². The van der Waals surface area contributed by atoms with Crippen molar-refractivity contribution in [3.63, 3.8) is 0 Å². The van der Waals surface area contributed by atoms with E-state index in [1.165, 1.54) is 0 Å². The zero-order valence-corrected chi connectivity index (χ0v) is 12.0. The van der Waals surface area contributed by atoms with E-state index < -0.39 is 0 Å². The summed E-state index contributed by atoms with van der Waals surface area (Å²) in [7, 11) is 3.25. The lowest BCUT2D eigenvalue weighted by Crippen LogP contribution is -2.01. The molecule has 0 aliphatic rings. The molecule has 1 aromatic carbocycles. The number of ether oxygens (including phenoxy) is 2. The Kier molecular flexibility index (Phi) is 4.14. The highest BCUT2D eigenvalue weighted by atomic mass is 35.5. The first-order valence-corrected chi connectivity index (χ1v) is 5.86. The van der Waals surface area contributed by atoms with Gasteiger partial charge in [0.1, 0.15) is 0 Å². The van der Waals surface area contributed by atoms with Crippen molar-refractivity contribution in [1.29, 1.82) is 0 Å². The Morgan fingerprint density at radius 3 is 2.55 bits per heavy atom. The number of nitrogens with zero attached hydrogens (tertiary/aromatic N) is 3. The number of aromatic amines is 1. The molecule has 3 rings (SSSR count). The number of nitrogens with one attached hydrogen (secondary N) is 1. The van der Waals surface area contributed by atoms with E-state index in [1.807, 2.05) is 23.0 Å². The minimum Gasteiger partial charge on any atom is -0.493 e. The maximum absolute atomic E-state index is 5.32. The molecule has 1 N–H and O–H groups in total. The average Bonchev–Trinajstić information content (AvgIpc) is 3.08. The summed E-state index contributed by atoms with van der Waals surface area (Å²) >= 11 is 0. The molecule has 7 heteroatoms. The second kappa shape index (κ2) is 5.83. The van der Waals surface area contributed by atoms with Gasteiger partial charge in [-0.1, -0.05) is 0 Å². The van der Waals surface area contributed by atoms with Gasteiger partial charge in [-0.3, -0.25) is 4.68 Å². The van der Waals surface area contributed by atoms with Crippen LogP contribution in [0, 0.1) is 0 Å². The molecule has 0 unspecified atom stereocenters. The van der Waals surface area contributed by atoms with E-state index in [-0.39, 0.29) is 12.4 Å². The lowest BCUT2D eigenvalue weighted by molar-refractivity contribution is 0.355. The second-order valence-electron chi connectivity index (χ2n) is 4.15. The molecule has 0 aliphatic heterocycles. The Labute approximate surface area is 122 Å². The van der Waals surface area contributed by atoms with Crippen molar-refractivity contribution in [2.24, 2.45) is 0 Å². The van der Waals surface area contributed by atoms with E-state index in [0.29, 0.717) is 18.0 Å². The molecular formula is C13H15ClN4O2. The van der Waals surface area contributed by atoms with Gasteiger partial charge in [0, 0.05) is 17.6 Å². The van der Waals surface area contributed by atoms with Crippen molar-refractivity contribution < 1.29 is 9.47 Å². The molecule has 3 aromatic rings. The molecule has 0 saturated heterocycles. The summed E-state index contributed by atoms with van der Waals surface area (Å²) in [6.07, 6.45) is 5.26. The zero-order valence-electron chi connectivity index (χ0n) is 11.2. The van der Waals surface area contributed by atoms with Gasteiger partial charge >= 0.3 is 0 Å². The van der Waals surface area contributed by atoms with E-state index in [1.54, 1.807) is 26.7 Å². The summed E-state index contributed by atoms with van der Waals surface area (Å²) in [5, 5.41) is 5.39. The monoisotopic (exact) mass is 294 g/mol. The highest BCUT2D eigenvalue weighted by molar-refractivity contribution is 5.85. The Morgan fingerprint density at radius 1 is 1.15 bits per heavy atom. The molecule has 0 spiro atoms. The maximum atomic E-state index is 5.32. The number of methoxy groups -OCH3 is 2. The molecule has 6 nitrogen and oxygen atoms in total. The molecule has 0 radical (unpaired) electrons. The number of rotatable bonds is 4. The smallest absolute Gasteiger partial charge is 0.162 e. The summed E-state index contributed by atoms with van der Waals surface area (Å²) < 4.78 is 12.5. The quantitative estimate of drug-likeness (QED) is 0.801. The number of H-pyrrole nitrogens is 1. The first-order valence-electron chi connectivity index (χ1n) is 5.86. The lowest BCUT2D eigenvalue weighted by Gasteiger charge is -2.08. The molecule has 2 aromatic heterocycles. The van der Waals surface area contributed by atoms with Crippen LogP contribution in [0.5, 0.6) is 11.5 Å². The van der Waals surface area contributed by atoms with Crippen molar-refractivity contribution in [2.45, 2.75) is 6.54 Å². The molecule has 0 bridgehead atoms. The number of aromatic nitrogens is 4. The standard InChI is InChI=1S/C13H14N4O2.ClH/c1-18-12-3-9-5-16-17(7-10-6-14-8-15-10)11(9)4-13(12)19-2;/h3-6,8H,7H2,1-2H3,(H,14,15);1H. The van der Waals surface area contributed by atoms with Crippen molar-refractivity contribution >= 4 is 23.3 Å². The van der Waals surface area contributed by atoms with Gasteiger partial charge in [0.05, 0.1) is 44.5 Å². The molecule has 0 fully saturated rings. The van der Waals surface area contributed by atoms with Gasteiger partial charge < -0.3 is 14.5 Å². The SMILES string of the molecule is COc1cc2cnn(Cc3cnc[nH]3)c2cc1OC.Cl. The molecule has 0 atom stereocenters. The first-order chi connectivity index (χ1) is 9.31. The molecule has 2 heterocycles. The van der Waals surface area contributed by atoms with Crippen LogP contribution in [0.3, 0.4) is 0 Å². The van der Waals surface area contributed by atoms with Gasteiger partial charge in [0.15, 0.2) is 11.5 Å². The second-order valence-corrected chi connectivity index (χ2v) is 4.15. The van der Waals surface area contributed by atoms with Crippen LogP contribution in [-0.2, 0) is 6.54 Å². The lowest BCUT2D eigenvalue weighted by atomic mass is 10.2. The van der Waals surface area contributed by atoms with Crippen LogP contribution in [0.15, 0.2) is 30.9 Å². The summed E-state index contributed by atoms with van der Waals surface area (Å²) in [5.74, 6) is 1.40. The summed E-state index contributed by atoms with van der Waals surface area (Å²) in [5.41, 5.74) is 1.99. The highest BCUT2D eigenvalue weighted by Crippen LogP contribution is 2.32. The van der Waals surface area contributed by atoms with Crippen LogP contribution in [0.2, 0.25) is 0 Å². The number of hydrogen-bond acceptors (Lipinski definition) is 4. The van der Waals surface area contributed by atoms with Gasteiger partial charge in [-0.25, -0.2) is 4.98 Å². The largest absolute Gasteiger partial charge is 0.493 e. The van der Waals surface area contributed by atoms with Crippen LogP contribution < -0.4 is 9.47 Å². The first kappa shape index (κ1) is 14.2. The molecular weight excluding hydrogens is 280 g/mol. The van der Waals surface area contributed by atoms with Crippen molar-refractivity contribution in [2.75, 3.05) is 14.2 Å². The predicted molar refractivity (Wildman–Crippen MR) is 77.8 cm³/mol. The third kappa shape index (κ3) is 2.42. The van der Waals surface area contributed by atoms with E-state index in [4.69, 9.17) is 9.47 Å².